The summed E-state index contributed by atoms with van der Waals surface area (Å²) in [4.78, 5) is 22.8. The number of hydrogen-bond acceptors (Lipinski definition) is 4. The minimum Gasteiger partial charge on any atom is -0.495 e. The zero-order valence-electron chi connectivity index (χ0n) is 10.8. The van der Waals surface area contributed by atoms with E-state index in [2.05, 4.69) is 0 Å². The molecule has 2 aromatic carbocycles. The van der Waals surface area contributed by atoms with Gasteiger partial charge in [-0.2, -0.15) is 0 Å². The maximum Gasteiger partial charge on any atom is 0.303 e. The third-order valence-electron chi connectivity index (χ3n) is 2.79. The van der Waals surface area contributed by atoms with Crippen molar-refractivity contribution in [1.29, 1.82) is 0 Å². The number of hydrogen-bond donors (Lipinski definition) is 0. The van der Waals surface area contributed by atoms with Gasteiger partial charge in [0.2, 0.25) is 5.78 Å². The molecule has 0 radical (unpaired) electrons. The van der Waals surface area contributed by atoms with Gasteiger partial charge < -0.3 is 9.47 Å². The van der Waals surface area contributed by atoms with E-state index >= 15 is 0 Å². The van der Waals surface area contributed by atoms with Gasteiger partial charge in [-0.05, 0) is 11.5 Å². The predicted octanol–water partition coefficient (Wildman–Crippen LogP) is 2.59. The van der Waals surface area contributed by atoms with Crippen molar-refractivity contribution in [3.63, 3.8) is 0 Å². The molecule has 0 spiro atoms. The Bertz CT molecular complexity index is 631. The van der Waals surface area contributed by atoms with Crippen molar-refractivity contribution in [2.75, 3.05) is 13.7 Å². The van der Waals surface area contributed by atoms with Crippen LogP contribution in [0.2, 0.25) is 0 Å². The fraction of sp³-hybridized carbons (Fsp3) is 0.200. The lowest BCUT2D eigenvalue weighted by Crippen LogP contribution is -2.13. The Kier molecular flexibility index (Phi) is 3.80. The number of benzene rings is 2. The van der Waals surface area contributed by atoms with Gasteiger partial charge in [0.25, 0.3) is 0 Å². The molecule has 0 aliphatic rings. The smallest absolute Gasteiger partial charge is 0.303 e. The van der Waals surface area contributed by atoms with Gasteiger partial charge in [0.05, 0.1) is 12.7 Å². The molecule has 0 saturated heterocycles. The Morgan fingerprint density at radius 1 is 1.11 bits per heavy atom. The topological polar surface area (TPSA) is 52.6 Å². The third kappa shape index (κ3) is 2.73. The highest BCUT2D eigenvalue weighted by Gasteiger charge is 2.15. The normalized spacial score (nSPS) is 10.2. The second-order valence-electron chi connectivity index (χ2n) is 4.07. The summed E-state index contributed by atoms with van der Waals surface area (Å²) in [6, 6.07) is 11.2. The molecule has 4 nitrogen and oxygen atoms in total. The number of ketones is 1. The number of ether oxygens (including phenoxy) is 2. The van der Waals surface area contributed by atoms with Crippen LogP contribution in [0, 0.1) is 0 Å². The zero-order valence-corrected chi connectivity index (χ0v) is 10.8. The summed E-state index contributed by atoms with van der Waals surface area (Å²) in [6.45, 7) is 0.995. The van der Waals surface area contributed by atoms with Crippen LogP contribution < -0.4 is 4.74 Å². The largest absolute Gasteiger partial charge is 0.495 e. The van der Waals surface area contributed by atoms with Crippen LogP contribution in [0.4, 0.5) is 0 Å². The second kappa shape index (κ2) is 5.52. The Hall–Kier alpha value is -2.36. The van der Waals surface area contributed by atoms with Gasteiger partial charge >= 0.3 is 5.97 Å². The van der Waals surface area contributed by atoms with E-state index in [1.807, 2.05) is 30.3 Å². The average Bonchev–Trinajstić information content (AvgIpc) is 2.43. The Balaban J connectivity index is 2.43. The average molecular weight is 258 g/mol. The summed E-state index contributed by atoms with van der Waals surface area (Å²) < 4.78 is 10.1. The molecule has 0 fully saturated rings. The van der Waals surface area contributed by atoms with Gasteiger partial charge in [0.1, 0.15) is 5.75 Å². The van der Waals surface area contributed by atoms with Gasteiger partial charge in [0, 0.05) is 12.3 Å². The lowest BCUT2D eigenvalue weighted by molar-refractivity contribution is -0.139. The van der Waals surface area contributed by atoms with Crippen molar-refractivity contribution in [3.05, 3.63) is 42.0 Å². The molecular formula is C15H14O4. The van der Waals surface area contributed by atoms with E-state index in [4.69, 9.17) is 9.47 Å². The minimum atomic E-state index is -0.479. The first kappa shape index (κ1) is 13.1. The first-order chi connectivity index (χ1) is 9.13. The molecule has 19 heavy (non-hydrogen) atoms. The van der Waals surface area contributed by atoms with Crippen LogP contribution in [0.1, 0.15) is 17.3 Å². The highest BCUT2D eigenvalue weighted by molar-refractivity contribution is 6.05. The van der Waals surface area contributed by atoms with Crippen molar-refractivity contribution in [2.24, 2.45) is 0 Å². The maximum absolute atomic E-state index is 12.0. The van der Waals surface area contributed by atoms with Crippen molar-refractivity contribution < 1.29 is 19.1 Å². The molecule has 0 amide bonds. The van der Waals surface area contributed by atoms with E-state index < -0.39 is 5.97 Å². The summed E-state index contributed by atoms with van der Waals surface area (Å²) in [7, 11) is 1.52. The lowest BCUT2D eigenvalue weighted by atomic mass is 10.0. The third-order valence-corrected chi connectivity index (χ3v) is 2.79. The number of esters is 1. The first-order valence-corrected chi connectivity index (χ1v) is 5.86. The minimum absolute atomic E-state index is 0.274. The van der Waals surface area contributed by atoms with E-state index in [1.54, 1.807) is 6.07 Å². The molecule has 0 aliphatic heterocycles. The van der Waals surface area contributed by atoms with Crippen LogP contribution in [0.5, 0.6) is 5.75 Å². The number of rotatable bonds is 4. The molecule has 2 rings (SSSR count). The van der Waals surface area contributed by atoms with Crippen molar-refractivity contribution in [2.45, 2.75) is 6.92 Å². The standard InChI is InChI=1S/C15H14O4/c1-10(16)19-9-14(17)13-8-7-11-5-3-4-6-12(11)15(13)18-2/h3-8H,9H2,1-2H3. The van der Waals surface area contributed by atoms with Gasteiger partial charge in [-0.15, -0.1) is 0 Å². The molecule has 0 N–H and O–H groups in total. The first-order valence-electron chi connectivity index (χ1n) is 5.86. The molecule has 0 aliphatic carbocycles. The number of Topliss-reactive ketones (excluding diaryl/α,β-unsaturated/α-hetero) is 1. The molecular weight excluding hydrogens is 244 g/mol. The zero-order chi connectivity index (χ0) is 13.8. The summed E-state index contributed by atoms with van der Waals surface area (Å²) in [6.07, 6.45) is 0. The quantitative estimate of drug-likeness (QED) is 0.624. The van der Waals surface area contributed by atoms with E-state index in [-0.39, 0.29) is 12.4 Å². The lowest BCUT2D eigenvalue weighted by Gasteiger charge is -2.11. The van der Waals surface area contributed by atoms with Gasteiger partial charge in [-0.25, -0.2) is 0 Å². The molecule has 0 bridgehead atoms. The summed E-state index contributed by atoms with van der Waals surface area (Å²) in [5.74, 6) is -0.249. The number of carbonyl (C=O) groups excluding carboxylic acids is 2. The second-order valence-corrected chi connectivity index (χ2v) is 4.07. The van der Waals surface area contributed by atoms with E-state index in [0.717, 1.165) is 10.8 Å². The maximum atomic E-state index is 12.0. The highest BCUT2D eigenvalue weighted by atomic mass is 16.5. The van der Waals surface area contributed by atoms with Crippen LogP contribution in [0.3, 0.4) is 0 Å². The summed E-state index contributed by atoms with van der Waals surface area (Å²) in [5, 5.41) is 1.85. The molecule has 4 heteroatoms. The predicted molar refractivity (Wildman–Crippen MR) is 71.5 cm³/mol. The summed E-state index contributed by atoms with van der Waals surface area (Å²) in [5.41, 5.74) is 0.419. The fourth-order valence-corrected chi connectivity index (χ4v) is 1.93. The fourth-order valence-electron chi connectivity index (χ4n) is 1.93. The number of carbonyl (C=O) groups is 2. The van der Waals surface area contributed by atoms with Crippen molar-refractivity contribution in [3.8, 4) is 5.75 Å². The highest BCUT2D eigenvalue weighted by Crippen LogP contribution is 2.29. The van der Waals surface area contributed by atoms with E-state index in [0.29, 0.717) is 11.3 Å². The molecule has 98 valence electrons. The molecule has 0 heterocycles. The number of methoxy groups -OCH3 is 1. The molecule has 0 unspecified atom stereocenters. The molecule has 2 aromatic rings. The Morgan fingerprint density at radius 2 is 1.84 bits per heavy atom. The SMILES string of the molecule is COc1c(C(=O)COC(C)=O)ccc2ccccc12. The van der Waals surface area contributed by atoms with Crippen molar-refractivity contribution in [1.82, 2.24) is 0 Å². The van der Waals surface area contributed by atoms with Crippen LogP contribution in [0.25, 0.3) is 10.8 Å². The van der Waals surface area contributed by atoms with Crippen LogP contribution in [0.15, 0.2) is 36.4 Å². The van der Waals surface area contributed by atoms with E-state index in [1.165, 1.54) is 14.0 Å². The monoisotopic (exact) mass is 258 g/mol. The van der Waals surface area contributed by atoms with Gasteiger partial charge in [0.15, 0.2) is 6.61 Å². The van der Waals surface area contributed by atoms with E-state index in [9.17, 15) is 9.59 Å². The Labute approximate surface area is 110 Å². The number of fused-ring (bicyclic) bond motifs is 1. The van der Waals surface area contributed by atoms with Gasteiger partial charge in [-0.1, -0.05) is 30.3 Å². The Morgan fingerprint density at radius 3 is 2.53 bits per heavy atom. The molecule has 0 aromatic heterocycles. The van der Waals surface area contributed by atoms with Gasteiger partial charge in [-0.3, -0.25) is 9.59 Å². The summed E-state index contributed by atoms with van der Waals surface area (Å²) >= 11 is 0. The molecule has 0 saturated carbocycles. The van der Waals surface area contributed by atoms with Crippen molar-refractivity contribution >= 4 is 22.5 Å². The van der Waals surface area contributed by atoms with Crippen LogP contribution >= 0.6 is 0 Å². The van der Waals surface area contributed by atoms with Crippen LogP contribution in [-0.4, -0.2) is 25.5 Å². The van der Waals surface area contributed by atoms with Crippen LogP contribution in [-0.2, 0) is 9.53 Å². The molecule has 0 atom stereocenters.